The van der Waals surface area contributed by atoms with Crippen molar-refractivity contribution in [2.45, 2.75) is 19.8 Å². The lowest BCUT2D eigenvalue weighted by Crippen LogP contribution is -2.24. The summed E-state index contributed by atoms with van der Waals surface area (Å²) >= 11 is 0. The minimum Gasteiger partial charge on any atom is -0.383 e. The van der Waals surface area contributed by atoms with Gasteiger partial charge in [-0.2, -0.15) is 0 Å². The molecule has 0 radical (unpaired) electrons. The summed E-state index contributed by atoms with van der Waals surface area (Å²) < 4.78 is 4.90. The molecular weight excluding hydrogens is 228 g/mol. The number of hydrogen-bond donors (Lipinski definition) is 2. The number of methoxy groups -OCH3 is 1. The molecule has 0 bridgehead atoms. The Morgan fingerprint density at radius 2 is 1.94 bits per heavy atom. The van der Waals surface area contributed by atoms with Crippen LogP contribution in [-0.4, -0.2) is 32.7 Å². The van der Waals surface area contributed by atoms with Crippen molar-refractivity contribution in [3.63, 3.8) is 0 Å². The fraction of sp³-hybridized carbons (Fsp3) is 0.500. The van der Waals surface area contributed by atoms with Crippen LogP contribution in [0, 0.1) is 0 Å². The zero-order chi connectivity index (χ0) is 13.2. The molecule has 0 saturated carbocycles. The summed E-state index contributed by atoms with van der Waals surface area (Å²) in [6, 6.07) is 7.95. The molecule has 0 aliphatic carbocycles. The third kappa shape index (κ3) is 5.80. The lowest BCUT2D eigenvalue weighted by atomic mass is 10.1. The first-order valence-corrected chi connectivity index (χ1v) is 6.34. The van der Waals surface area contributed by atoms with Gasteiger partial charge in [-0.25, -0.2) is 0 Å². The summed E-state index contributed by atoms with van der Waals surface area (Å²) in [6.45, 7) is 4.22. The molecule has 1 amide bonds. The van der Waals surface area contributed by atoms with Gasteiger partial charge in [0.1, 0.15) is 0 Å². The topological polar surface area (TPSA) is 50.4 Å². The molecule has 0 atom stereocenters. The van der Waals surface area contributed by atoms with Gasteiger partial charge in [-0.1, -0.05) is 19.1 Å². The van der Waals surface area contributed by atoms with Crippen LogP contribution in [0.5, 0.6) is 0 Å². The van der Waals surface area contributed by atoms with E-state index in [0.29, 0.717) is 19.6 Å². The van der Waals surface area contributed by atoms with Crippen LogP contribution in [0.4, 0.5) is 5.69 Å². The van der Waals surface area contributed by atoms with Gasteiger partial charge in [0, 0.05) is 32.3 Å². The number of carbonyl (C=O) groups is 1. The molecule has 0 spiro atoms. The Labute approximate surface area is 109 Å². The zero-order valence-corrected chi connectivity index (χ0v) is 11.2. The average Bonchev–Trinajstić information content (AvgIpc) is 2.39. The SMILES string of the molecule is CCc1ccc(NC(=O)CCNCCOC)cc1. The van der Waals surface area contributed by atoms with Crippen molar-refractivity contribution in [1.82, 2.24) is 5.32 Å². The maximum atomic E-state index is 11.6. The Morgan fingerprint density at radius 3 is 2.56 bits per heavy atom. The number of hydrogen-bond acceptors (Lipinski definition) is 3. The van der Waals surface area contributed by atoms with Crippen LogP contribution in [0.3, 0.4) is 0 Å². The van der Waals surface area contributed by atoms with E-state index in [9.17, 15) is 4.79 Å². The molecule has 0 saturated heterocycles. The Bertz CT molecular complexity index is 349. The van der Waals surface area contributed by atoms with Gasteiger partial charge in [-0.3, -0.25) is 4.79 Å². The molecule has 0 unspecified atom stereocenters. The predicted octanol–water partition coefficient (Wildman–Crippen LogP) is 1.81. The Morgan fingerprint density at radius 1 is 1.22 bits per heavy atom. The zero-order valence-electron chi connectivity index (χ0n) is 11.2. The van der Waals surface area contributed by atoms with Crippen LogP contribution < -0.4 is 10.6 Å². The van der Waals surface area contributed by atoms with Crippen molar-refractivity contribution in [1.29, 1.82) is 0 Å². The molecule has 100 valence electrons. The highest BCUT2D eigenvalue weighted by molar-refractivity contribution is 5.90. The van der Waals surface area contributed by atoms with Crippen LogP contribution in [0.25, 0.3) is 0 Å². The van der Waals surface area contributed by atoms with E-state index in [1.165, 1.54) is 5.56 Å². The second-order valence-electron chi connectivity index (χ2n) is 4.09. The number of carbonyl (C=O) groups excluding carboxylic acids is 1. The highest BCUT2D eigenvalue weighted by Crippen LogP contribution is 2.09. The molecule has 1 aromatic carbocycles. The van der Waals surface area contributed by atoms with E-state index >= 15 is 0 Å². The van der Waals surface area contributed by atoms with E-state index in [1.807, 2.05) is 24.3 Å². The first-order valence-electron chi connectivity index (χ1n) is 6.34. The highest BCUT2D eigenvalue weighted by atomic mass is 16.5. The van der Waals surface area contributed by atoms with Gasteiger partial charge in [0.15, 0.2) is 0 Å². The summed E-state index contributed by atoms with van der Waals surface area (Å²) in [6.07, 6.45) is 1.48. The van der Waals surface area contributed by atoms with E-state index < -0.39 is 0 Å². The lowest BCUT2D eigenvalue weighted by molar-refractivity contribution is -0.116. The molecule has 2 N–H and O–H groups in total. The van der Waals surface area contributed by atoms with Crippen LogP contribution >= 0.6 is 0 Å². The molecule has 0 fully saturated rings. The monoisotopic (exact) mass is 250 g/mol. The first-order chi connectivity index (χ1) is 8.76. The van der Waals surface area contributed by atoms with Gasteiger partial charge in [-0.05, 0) is 24.1 Å². The maximum absolute atomic E-state index is 11.6. The molecule has 1 aromatic rings. The summed E-state index contributed by atoms with van der Waals surface area (Å²) in [5, 5.41) is 6.01. The van der Waals surface area contributed by atoms with Crippen LogP contribution in [0.1, 0.15) is 18.9 Å². The number of rotatable bonds is 8. The van der Waals surface area contributed by atoms with Gasteiger partial charge >= 0.3 is 0 Å². The molecular formula is C14H22N2O2. The number of aryl methyl sites for hydroxylation is 1. The number of anilines is 1. The molecule has 0 aromatic heterocycles. The van der Waals surface area contributed by atoms with Crippen LogP contribution in [-0.2, 0) is 16.0 Å². The average molecular weight is 250 g/mol. The molecule has 4 nitrogen and oxygen atoms in total. The first kappa shape index (κ1) is 14.7. The standard InChI is InChI=1S/C14H22N2O2/c1-3-12-4-6-13(7-5-12)16-14(17)8-9-15-10-11-18-2/h4-7,15H,3,8-11H2,1-2H3,(H,16,17). The number of benzene rings is 1. The summed E-state index contributed by atoms with van der Waals surface area (Å²) in [4.78, 5) is 11.6. The highest BCUT2D eigenvalue weighted by Gasteiger charge is 2.01. The predicted molar refractivity (Wildman–Crippen MR) is 73.8 cm³/mol. The third-order valence-electron chi connectivity index (χ3n) is 2.66. The Kier molecular flexibility index (Phi) is 7.06. The van der Waals surface area contributed by atoms with E-state index in [4.69, 9.17) is 4.74 Å². The largest absolute Gasteiger partial charge is 0.383 e. The smallest absolute Gasteiger partial charge is 0.225 e. The van der Waals surface area contributed by atoms with Crippen molar-refractivity contribution in [3.8, 4) is 0 Å². The van der Waals surface area contributed by atoms with Crippen molar-refractivity contribution < 1.29 is 9.53 Å². The van der Waals surface area contributed by atoms with Crippen molar-refractivity contribution >= 4 is 11.6 Å². The second kappa shape index (κ2) is 8.66. The van der Waals surface area contributed by atoms with E-state index in [-0.39, 0.29) is 5.91 Å². The quantitative estimate of drug-likeness (QED) is 0.692. The van der Waals surface area contributed by atoms with Crippen molar-refractivity contribution in [2.24, 2.45) is 0 Å². The number of amides is 1. The lowest BCUT2D eigenvalue weighted by Gasteiger charge is -2.07. The van der Waals surface area contributed by atoms with Crippen molar-refractivity contribution in [2.75, 3.05) is 32.1 Å². The van der Waals surface area contributed by atoms with Gasteiger partial charge < -0.3 is 15.4 Å². The second-order valence-corrected chi connectivity index (χ2v) is 4.09. The molecule has 18 heavy (non-hydrogen) atoms. The summed E-state index contributed by atoms with van der Waals surface area (Å²) in [5.74, 6) is 0.0316. The minimum atomic E-state index is 0.0316. The van der Waals surface area contributed by atoms with Gasteiger partial charge in [0.25, 0.3) is 0 Å². The summed E-state index contributed by atoms with van der Waals surface area (Å²) in [7, 11) is 1.66. The van der Waals surface area contributed by atoms with Crippen LogP contribution in [0.15, 0.2) is 24.3 Å². The normalized spacial score (nSPS) is 10.3. The number of ether oxygens (including phenoxy) is 1. The molecule has 4 heteroatoms. The fourth-order valence-electron chi connectivity index (χ4n) is 1.55. The van der Waals surface area contributed by atoms with Crippen LogP contribution in [0.2, 0.25) is 0 Å². The van der Waals surface area contributed by atoms with Gasteiger partial charge in [0.2, 0.25) is 5.91 Å². The molecule has 1 rings (SSSR count). The Balaban J connectivity index is 2.22. The Hall–Kier alpha value is -1.39. The van der Waals surface area contributed by atoms with E-state index in [1.54, 1.807) is 7.11 Å². The molecule has 0 aliphatic heterocycles. The molecule has 0 heterocycles. The van der Waals surface area contributed by atoms with E-state index in [0.717, 1.165) is 18.7 Å². The minimum absolute atomic E-state index is 0.0316. The maximum Gasteiger partial charge on any atom is 0.225 e. The summed E-state index contributed by atoms with van der Waals surface area (Å²) in [5.41, 5.74) is 2.13. The van der Waals surface area contributed by atoms with Gasteiger partial charge in [0.05, 0.1) is 6.61 Å². The van der Waals surface area contributed by atoms with E-state index in [2.05, 4.69) is 17.6 Å². The van der Waals surface area contributed by atoms with Crippen molar-refractivity contribution in [3.05, 3.63) is 29.8 Å². The third-order valence-corrected chi connectivity index (χ3v) is 2.66. The molecule has 0 aliphatic rings. The fourth-order valence-corrected chi connectivity index (χ4v) is 1.55. The number of nitrogens with one attached hydrogen (secondary N) is 2. The van der Waals surface area contributed by atoms with Gasteiger partial charge in [-0.15, -0.1) is 0 Å².